The van der Waals surface area contributed by atoms with Gasteiger partial charge in [-0.2, -0.15) is 0 Å². The van der Waals surface area contributed by atoms with Crippen LogP contribution in [0.25, 0.3) is 0 Å². The summed E-state index contributed by atoms with van der Waals surface area (Å²) < 4.78 is 0. The number of nitrogens with one attached hydrogen (secondary N) is 2. The minimum absolute atomic E-state index is 0.198. The van der Waals surface area contributed by atoms with E-state index in [1.165, 1.54) is 24.9 Å². The Morgan fingerprint density at radius 3 is 2.33 bits per heavy atom. The summed E-state index contributed by atoms with van der Waals surface area (Å²) in [5.41, 5.74) is 2.95. The standard InChI is InChI=1S/C21H29N5O/c1-15-14-18(19(27)25-21(2,3)4)24-20(22-15)23-16-8-10-17(11-9-16)26-12-6-5-7-13-26/h8-11,14H,5-7,12-13H2,1-4H3,(H,25,27)(H,22,23,24). The van der Waals surface area contributed by atoms with Crippen molar-refractivity contribution in [1.82, 2.24) is 15.3 Å². The first-order chi connectivity index (χ1) is 12.8. The van der Waals surface area contributed by atoms with Crippen molar-refractivity contribution < 1.29 is 4.79 Å². The predicted molar refractivity (Wildman–Crippen MR) is 110 cm³/mol. The molecule has 6 nitrogen and oxygen atoms in total. The number of carbonyl (C=O) groups is 1. The van der Waals surface area contributed by atoms with Crippen LogP contribution in [0.2, 0.25) is 0 Å². The Hall–Kier alpha value is -2.63. The van der Waals surface area contributed by atoms with Crippen molar-refractivity contribution in [2.24, 2.45) is 0 Å². The molecule has 27 heavy (non-hydrogen) atoms. The normalized spacial score (nSPS) is 14.7. The van der Waals surface area contributed by atoms with Crippen molar-refractivity contribution in [2.75, 3.05) is 23.3 Å². The van der Waals surface area contributed by atoms with E-state index < -0.39 is 0 Å². The SMILES string of the molecule is Cc1cc(C(=O)NC(C)(C)C)nc(Nc2ccc(N3CCCCC3)cc2)n1. The van der Waals surface area contributed by atoms with Gasteiger partial charge >= 0.3 is 0 Å². The molecular weight excluding hydrogens is 338 g/mol. The molecule has 2 N–H and O–H groups in total. The predicted octanol–water partition coefficient (Wildman–Crippen LogP) is 4.05. The van der Waals surface area contributed by atoms with Gasteiger partial charge in [0, 0.05) is 35.7 Å². The lowest BCUT2D eigenvalue weighted by Gasteiger charge is -2.28. The lowest BCUT2D eigenvalue weighted by molar-refractivity contribution is 0.0914. The Labute approximate surface area is 161 Å². The second kappa shape index (κ2) is 7.94. The smallest absolute Gasteiger partial charge is 0.270 e. The van der Waals surface area contributed by atoms with E-state index in [9.17, 15) is 4.79 Å². The van der Waals surface area contributed by atoms with E-state index in [2.05, 4.69) is 37.6 Å². The maximum absolute atomic E-state index is 12.4. The average molecular weight is 367 g/mol. The fourth-order valence-electron chi connectivity index (χ4n) is 3.18. The molecule has 0 radical (unpaired) electrons. The van der Waals surface area contributed by atoms with Crippen molar-refractivity contribution in [3.05, 3.63) is 41.7 Å². The number of benzene rings is 1. The zero-order valence-corrected chi connectivity index (χ0v) is 16.7. The van der Waals surface area contributed by atoms with Gasteiger partial charge in [0.1, 0.15) is 5.69 Å². The van der Waals surface area contributed by atoms with Crippen LogP contribution in [0.4, 0.5) is 17.3 Å². The number of nitrogens with zero attached hydrogens (tertiary/aromatic N) is 3. The summed E-state index contributed by atoms with van der Waals surface area (Å²) >= 11 is 0. The maximum atomic E-state index is 12.4. The van der Waals surface area contributed by atoms with Crippen LogP contribution in [0.5, 0.6) is 0 Å². The number of anilines is 3. The number of amides is 1. The van der Waals surface area contributed by atoms with Crippen molar-refractivity contribution in [3.63, 3.8) is 0 Å². The molecular formula is C21H29N5O. The van der Waals surface area contributed by atoms with E-state index >= 15 is 0 Å². The molecule has 1 aliphatic rings. The van der Waals surface area contributed by atoms with Crippen LogP contribution in [0, 0.1) is 6.92 Å². The number of aromatic nitrogens is 2. The second-order valence-corrected chi connectivity index (χ2v) is 8.14. The minimum atomic E-state index is -0.312. The van der Waals surface area contributed by atoms with Gasteiger partial charge in [-0.3, -0.25) is 4.79 Å². The third-order valence-corrected chi connectivity index (χ3v) is 4.42. The number of hydrogen-bond acceptors (Lipinski definition) is 5. The molecule has 1 aromatic heterocycles. The van der Waals surface area contributed by atoms with Crippen molar-refractivity contribution in [1.29, 1.82) is 0 Å². The highest BCUT2D eigenvalue weighted by atomic mass is 16.2. The molecule has 1 saturated heterocycles. The van der Waals surface area contributed by atoms with Crippen LogP contribution < -0.4 is 15.5 Å². The summed E-state index contributed by atoms with van der Waals surface area (Å²) in [6.45, 7) is 9.95. The van der Waals surface area contributed by atoms with Gasteiger partial charge in [-0.25, -0.2) is 9.97 Å². The number of piperidine rings is 1. The number of rotatable bonds is 4. The van der Waals surface area contributed by atoms with Crippen molar-refractivity contribution in [2.45, 2.75) is 52.5 Å². The molecule has 1 aliphatic heterocycles. The first-order valence-electron chi connectivity index (χ1n) is 9.60. The van der Waals surface area contributed by atoms with Crippen LogP contribution in [0.15, 0.2) is 30.3 Å². The van der Waals surface area contributed by atoms with E-state index in [1.807, 2.05) is 39.8 Å². The van der Waals surface area contributed by atoms with Crippen molar-refractivity contribution >= 4 is 23.2 Å². The molecule has 6 heteroatoms. The van der Waals surface area contributed by atoms with Gasteiger partial charge in [0.15, 0.2) is 0 Å². The molecule has 2 heterocycles. The quantitative estimate of drug-likeness (QED) is 0.853. The van der Waals surface area contributed by atoms with Gasteiger partial charge in [0.2, 0.25) is 5.95 Å². The van der Waals surface area contributed by atoms with E-state index in [4.69, 9.17) is 0 Å². The van der Waals surface area contributed by atoms with Crippen LogP contribution in [0.1, 0.15) is 56.2 Å². The fourth-order valence-corrected chi connectivity index (χ4v) is 3.18. The van der Waals surface area contributed by atoms with E-state index in [1.54, 1.807) is 6.07 Å². The third-order valence-electron chi connectivity index (χ3n) is 4.42. The first kappa shape index (κ1) is 19.1. The molecule has 1 fully saturated rings. The van der Waals surface area contributed by atoms with E-state index in [0.717, 1.165) is 24.5 Å². The summed E-state index contributed by atoms with van der Waals surface area (Å²) in [6, 6.07) is 10.0. The molecule has 0 atom stereocenters. The van der Waals surface area contributed by atoms with E-state index in [-0.39, 0.29) is 11.4 Å². The van der Waals surface area contributed by atoms with Gasteiger partial charge in [0.25, 0.3) is 5.91 Å². The molecule has 0 unspecified atom stereocenters. The van der Waals surface area contributed by atoms with Crippen LogP contribution in [-0.4, -0.2) is 34.5 Å². The summed E-state index contributed by atoms with van der Waals surface area (Å²) in [6.07, 6.45) is 3.85. The monoisotopic (exact) mass is 367 g/mol. The molecule has 2 aromatic rings. The molecule has 0 saturated carbocycles. The summed E-state index contributed by atoms with van der Waals surface area (Å²) in [5.74, 6) is 0.233. The van der Waals surface area contributed by atoms with Gasteiger partial charge in [-0.1, -0.05) is 0 Å². The lowest BCUT2D eigenvalue weighted by atomic mass is 10.1. The van der Waals surface area contributed by atoms with Crippen LogP contribution in [0.3, 0.4) is 0 Å². The average Bonchev–Trinajstić information content (AvgIpc) is 2.61. The zero-order valence-electron chi connectivity index (χ0n) is 16.7. The Morgan fingerprint density at radius 1 is 1.04 bits per heavy atom. The Bertz CT molecular complexity index is 789. The third kappa shape index (κ3) is 5.42. The van der Waals surface area contributed by atoms with E-state index in [0.29, 0.717) is 11.6 Å². The Balaban J connectivity index is 1.72. The molecule has 3 rings (SSSR count). The first-order valence-corrected chi connectivity index (χ1v) is 9.60. The van der Waals surface area contributed by atoms with Crippen LogP contribution in [-0.2, 0) is 0 Å². The maximum Gasteiger partial charge on any atom is 0.270 e. The number of carbonyl (C=O) groups excluding carboxylic acids is 1. The zero-order chi connectivity index (χ0) is 19.4. The molecule has 0 spiro atoms. The largest absolute Gasteiger partial charge is 0.372 e. The summed E-state index contributed by atoms with van der Waals surface area (Å²) in [5, 5.41) is 6.15. The highest BCUT2D eigenvalue weighted by Crippen LogP contribution is 2.23. The lowest BCUT2D eigenvalue weighted by Crippen LogP contribution is -2.41. The molecule has 1 aromatic carbocycles. The second-order valence-electron chi connectivity index (χ2n) is 8.14. The summed E-state index contributed by atoms with van der Waals surface area (Å²) in [7, 11) is 0. The highest BCUT2D eigenvalue weighted by Gasteiger charge is 2.17. The van der Waals surface area contributed by atoms with Crippen molar-refractivity contribution in [3.8, 4) is 0 Å². The fraction of sp³-hybridized carbons (Fsp3) is 0.476. The van der Waals surface area contributed by atoms with Gasteiger partial charge in [0.05, 0.1) is 0 Å². The highest BCUT2D eigenvalue weighted by molar-refractivity contribution is 5.93. The molecule has 1 amide bonds. The molecule has 0 aliphatic carbocycles. The minimum Gasteiger partial charge on any atom is -0.372 e. The Morgan fingerprint density at radius 2 is 1.70 bits per heavy atom. The number of hydrogen-bond donors (Lipinski definition) is 2. The summed E-state index contributed by atoms with van der Waals surface area (Å²) in [4.78, 5) is 23.6. The van der Waals surface area contributed by atoms with Gasteiger partial charge < -0.3 is 15.5 Å². The van der Waals surface area contributed by atoms with Gasteiger partial charge in [-0.15, -0.1) is 0 Å². The topological polar surface area (TPSA) is 70.2 Å². The number of aryl methyl sites for hydroxylation is 1. The van der Waals surface area contributed by atoms with Crippen LogP contribution >= 0.6 is 0 Å². The Kier molecular flexibility index (Phi) is 5.63. The molecule has 0 bridgehead atoms. The molecule has 144 valence electrons. The van der Waals surface area contributed by atoms with Gasteiger partial charge in [-0.05, 0) is 77.3 Å².